The summed E-state index contributed by atoms with van der Waals surface area (Å²) >= 11 is 0. The molecule has 25 heavy (non-hydrogen) atoms. The molecule has 0 spiro atoms. The van der Waals surface area contributed by atoms with Crippen molar-refractivity contribution in [3.63, 3.8) is 0 Å². The highest BCUT2D eigenvalue weighted by Crippen LogP contribution is 2.42. The summed E-state index contributed by atoms with van der Waals surface area (Å²) in [6.45, 7) is 1.15. The Bertz CT molecular complexity index is 1130. The first-order valence-corrected chi connectivity index (χ1v) is 11.0. The fourth-order valence-corrected chi connectivity index (χ4v) is 4.61. The highest BCUT2D eigenvalue weighted by Gasteiger charge is 2.40. The van der Waals surface area contributed by atoms with Crippen LogP contribution in [0.1, 0.15) is 27.0 Å². The van der Waals surface area contributed by atoms with Crippen molar-refractivity contribution in [1.29, 1.82) is 0 Å². The minimum Gasteiger partial charge on any atom is -0.483 e. The predicted molar refractivity (Wildman–Crippen MR) is 90.4 cm³/mol. The van der Waals surface area contributed by atoms with E-state index in [0.717, 1.165) is 6.66 Å². The number of ether oxygens (including phenoxy) is 1. The number of hydrogen-bond donors (Lipinski definition) is 1. The summed E-state index contributed by atoms with van der Waals surface area (Å²) in [4.78, 5) is 22.4. The van der Waals surface area contributed by atoms with Crippen molar-refractivity contribution < 1.29 is 27.4 Å². The summed E-state index contributed by atoms with van der Waals surface area (Å²) in [6, 6.07) is 9.12. The molecule has 1 aliphatic heterocycles. The monoisotopic (exact) mass is 377 g/mol. The van der Waals surface area contributed by atoms with Gasteiger partial charge in [0, 0.05) is 23.4 Å². The molecule has 0 saturated heterocycles. The van der Waals surface area contributed by atoms with Crippen LogP contribution in [-0.2, 0) is 14.6 Å². The topological polar surface area (TPSA) is 110 Å². The first-order valence-electron chi connectivity index (χ1n) is 7.27. The van der Waals surface area contributed by atoms with Gasteiger partial charge in [0.15, 0.2) is 12.1 Å². The normalized spacial score (nSPS) is 18.8. The molecule has 1 unspecified atom stereocenters. The van der Waals surface area contributed by atoms with Gasteiger partial charge in [0.25, 0.3) is 10.0 Å². The SMILES string of the molecule is CP(=O)(O)COc1cccc2c1C(=O)c1cccc3c1C2=NS3(=O)=O. The van der Waals surface area contributed by atoms with Gasteiger partial charge in [-0.15, -0.1) is 0 Å². The van der Waals surface area contributed by atoms with Gasteiger partial charge in [-0.1, -0.05) is 24.3 Å². The third-order valence-corrected chi connectivity index (χ3v) is 5.89. The van der Waals surface area contributed by atoms with E-state index in [1.54, 1.807) is 12.1 Å². The molecule has 0 saturated carbocycles. The molecule has 0 bridgehead atoms. The molecule has 2 aromatic carbocycles. The van der Waals surface area contributed by atoms with Crippen molar-refractivity contribution in [3.8, 4) is 5.75 Å². The summed E-state index contributed by atoms with van der Waals surface area (Å²) in [5.74, 6) is -0.274. The van der Waals surface area contributed by atoms with Crippen molar-refractivity contribution >= 4 is 28.9 Å². The number of benzene rings is 2. The summed E-state index contributed by atoms with van der Waals surface area (Å²) in [5, 5.41) is 0. The van der Waals surface area contributed by atoms with Crippen molar-refractivity contribution in [3.05, 3.63) is 58.7 Å². The Kier molecular flexibility index (Phi) is 3.31. The Morgan fingerprint density at radius 3 is 2.52 bits per heavy atom. The van der Waals surface area contributed by atoms with Gasteiger partial charge in [0.2, 0.25) is 7.37 Å². The third-order valence-electron chi connectivity index (χ3n) is 3.97. The van der Waals surface area contributed by atoms with Crippen LogP contribution in [0.15, 0.2) is 45.7 Å². The van der Waals surface area contributed by atoms with Crippen molar-refractivity contribution in [1.82, 2.24) is 0 Å². The van der Waals surface area contributed by atoms with Gasteiger partial charge < -0.3 is 9.63 Å². The average Bonchev–Trinajstić information content (AvgIpc) is 2.82. The molecule has 9 heteroatoms. The highest BCUT2D eigenvalue weighted by atomic mass is 32.2. The molecular weight excluding hydrogens is 365 g/mol. The molecule has 0 fully saturated rings. The van der Waals surface area contributed by atoms with Crippen LogP contribution in [0.5, 0.6) is 5.75 Å². The number of carbonyl (C=O) groups is 1. The van der Waals surface area contributed by atoms with E-state index < -0.39 is 29.5 Å². The van der Waals surface area contributed by atoms with E-state index in [1.807, 2.05) is 0 Å². The van der Waals surface area contributed by atoms with E-state index in [2.05, 4.69) is 4.40 Å². The van der Waals surface area contributed by atoms with E-state index in [4.69, 9.17) is 4.74 Å². The minimum atomic E-state index is -3.85. The van der Waals surface area contributed by atoms with Crippen LogP contribution in [0.25, 0.3) is 0 Å². The number of carbonyl (C=O) groups excluding carboxylic acids is 1. The highest BCUT2D eigenvalue weighted by molar-refractivity contribution is 7.90. The second kappa shape index (κ2) is 5.11. The lowest BCUT2D eigenvalue weighted by Crippen LogP contribution is -2.21. The standard InChI is InChI=1S/C16H12NO6PS/c1-24(19,20)8-23-11-6-2-4-9-13(11)16(18)10-5-3-7-12-14(10)15(9)17-25(12,21)22/h2-7H,8H2,1H3,(H,19,20). The maximum Gasteiger partial charge on any atom is 0.283 e. The zero-order valence-electron chi connectivity index (χ0n) is 13.0. The molecule has 2 aromatic rings. The minimum absolute atomic E-state index is 0.0127. The number of sulfonamides is 1. The zero-order valence-corrected chi connectivity index (χ0v) is 14.7. The van der Waals surface area contributed by atoms with Crippen LogP contribution in [-0.4, -0.2) is 37.8 Å². The van der Waals surface area contributed by atoms with Crippen molar-refractivity contribution in [2.24, 2.45) is 4.40 Å². The second-order valence-electron chi connectivity index (χ2n) is 5.93. The van der Waals surface area contributed by atoms with Gasteiger partial charge in [0.1, 0.15) is 5.75 Å². The van der Waals surface area contributed by atoms with E-state index in [0.29, 0.717) is 11.1 Å². The summed E-state index contributed by atoms with van der Waals surface area (Å²) in [5.41, 5.74) is 1.23. The van der Waals surface area contributed by atoms with Crippen LogP contribution in [0.3, 0.4) is 0 Å². The predicted octanol–water partition coefficient (Wildman–Crippen LogP) is 2.01. The van der Waals surface area contributed by atoms with E-state index in [-0.39, 0.29) is 27.5 Å². The molecule has 1 heterocycles. The Morgan fingerprint density at radius 1 is 1.12 bits per heavy atom. The molecule has 1 atom stereocenters. The lowest BCUT2D eigenvalue weighted by Gasteiger charge is -2.21. The quantitative estimate of drug-likeness (QED) is 0.699. The first kappa shape index (κ1) is 16.2. The Hall–Kier alpha value is -2.28. The van der Waals surface area contributed by atoms with Crippen molar-refractivity contribution in [2.45, 2.75) is 4.90 Å². The molecule has 0 amide bonds. The fraction of sp³-hybridized carbons (Fsp3) is 0.125. The van der Waals surface area contributed by atoms with Gasteiger partial charge in [0.05, 0.1) is 16.2 Å². The van der Waals surface area contributed by atoms with E-state index in [9.17, 15) is 22.7 Å². The number of rotatable bonds is 3. The maximum absolute atomic E-state index is 12.9. The smallest absolute Gasteiger partial charge is 0.283 e. The Morgan fingerprint density at radius 2 is 1.80 bits per heavy atom. The molecule has 1 aliphatic carbocycles. The molecule has 0 aromatic heterocycles. The lowest BCUT2D eigenvalue weighted by molar-refractivity contribution is 0.103. The third kappa shape index (κ3) is 2.45. The van der Waals surface area contributed by atoms with Gasteiger partial charge in [-0.25, -0.2) is 0 Å². The van der Waals surface area contributed by atoms with Crippen LogP contribution in [0.4, 0.5) is 0 Å². The molecule has 2 aliphatic rings. The second-order valence-corrected chi connectivity index (χ2v) is 9.86. The van der Waals surface area contributed by atoms with Crippen LogP contribution < -0.4 is 4.74 Å². The number of nitrogens with zero attached hydrogens (tertiary/aromatic N) is 1. The number of fused-ring (bicyclic) bond motifs is 2. The number of ketones is 1. The van der Waals surface area contributed by atoms with E-state index in [1.165, 1.54) is 24.3 Å². The van der Waals surface area contributed by atoms with Gasteiger partial charge in [-0.3, -0.25) is 9.36 Å². The van der Waals surface area contributed by atoms with Gasteiger partial charge in [-0.05, 0) is 12.1 Å². The largest absolute Gasteiger partial charge is 0.483 e. The maximum atomic E-state index is 12.9. The Labute approximate surface area is 143 Å². The Balaban J connectivity index is 1.96. The molecule has 1 N–H and O–H groups in total. The van der Waals surface area contributed by atoms with Crippen LogP contribution >= 0.6 is 7.37 Å². The van der Waals surface area contributed by atoms with Crippen LogP contribution in [0.2, 0.25) is 0 Å². The first-order chi connectivity index (χ1) is 11.7. The molecule has 7 nitrogen and oxygen atoms in total. The van der Waals surface area contributed by atoms with Gasteiger partial charge >= 0.3 is 0 Å². The summed E-state index contributed by atoms with van der Waals surface area (Å²) in [7, 11) is -7.30. The molecule has 128 valence electrons. The van der Waals surface area contributed by atoms with Crippen molar-refractivity contribution in [2.75, 3.05) is 13.0 Å². The number of hydrogen-bond acceptors (Lipinski definition) is 5. The van der Waals surface area contributed by atoms with Gasteiger partial charge in [-0.2, -0.15) is 12.8 Å². The molecule has 4 rings (SSSR count). The molecule has 0 radical (unpaired) electrons. The average molecular weight is 377 g/mol. The van der Waals surface area contributed by atoms with Crippen LogP contribution in [0, 0.1) is 0 Å². The van der Waals surface area contributed by atoms with E-state index >= 15 is 0 Å². The lowest BCUT2D eigenvalue weighted by atomic mass is 9.83. The molecular formula is C16H12NO6PS. The summed E-state index contributed by atoms with van der Waals surface area (Å²) in [6.07, 6.45) is -0.450. The summed E-state index contributed by atoms with van der Waals surface area (Å²) < 4.78 is 45.2. The fourth-order valence-electron chi connectivity index (χ4n) is 2.99. The zero-order chi connectivity index (χ0) is 18.0.